The van der Waals surface area contributed by atoms with E-state index in [2.05, 4.69) is 10.3 Å². The average Bonchev–Trinajstić information content (AvgIpc) is 3.16. The van der Waals surface area contributed by atoms with Crippen LogP contribution < -0.4 is 10.1 Å². The maximum absolute atomic E-state index is 12.7. The standard InChI is InChI=1S/C22H22ClN3O3S/c1-14-7-6-8-15(20(14)23)11-16-12-24-22(30-16)25-21(28)17-9-4-5-10-18(17)29-13-19(27)26(2)3/h4-10,12H,11,13H2,1-3H3,(H,24,25,28). The maximum Gasteiger partial charge on any atom is 0.261 e. The molecule has 8 heteroatoms. The summed E-state index contributed by atoms with van der Waals surface area (Å²) >= 11 is 7.77. The van der Waals surface area contributed by atoms with E-state index in [1.54, 1.807) is 44.6 Å². The number of nitrogens with zero attached hydrogens (tertiary/aromatic N) is 2. The minimum Gasteiger partial charge on any atom is -0.483 e. The molecule has 3 aromatic rings. The van der Waals surface area contributed by atoms with E-state index in [0.717, 1.165) is 21.0 Å². The van der Waals surface area contributed by atoms with Crippen molar-refractivity contribution in [3.8, 4) is 5.75 Å². The zero-order chi connectivity index (χ0) is 21.7. The zero-order valence-corrected chi connectivity index (χ0v) is 18.5. The maximum atomic E-state index is 12.7. The van der Waals surface area contributed by atoms with Crippen LogP contribution in [0.4, 0.5) is 5.13 Å². The summed E-state index contributed by atoms with van der Waals surface area (Å²) in [5.74, 6) is -0.199. The number of carbonyl (C=O) groups excluding carboxylic acids is 2. The van der Waals surface area contributed by atoms with Crippen molar-refractivity contribution in [2.45, 2.75) is 13.3 Å². The van der Waals surface area contributed by atoms with Gasteiger partial charge in [-0.2, -0.15) is 0 Å². The lowest BCUT2D eigenvalue weighted by atomic mass is 10.1. The van der Waals surface area contributed by atoms with Crippen LogP contribution in [0.2, 0.25) is 5.02 Å². The van der Waals surface area contributed by atoms with Gasteiger partial charge in [-0.15, -0.1) is 11.3 Å². The number of rotatable bonds is 7. The molecule has 0 saturated heterocycles. The number of aryl methyl sites for hydroxylation is 1. The van der Waals surface area contributed by atoms with Crippen LogP contribution in [0.5, 0.6) is 5.75 Å². The number of ether oxygens (including phenoxy) is 1. The summed E-state index contributed by atoms with van der Waals surface area (Å²) in [6, 6.07) is 12.7. The molecule has 3 rings (SSSR count). The van der Waals surface area contributed by atoms with Crippen LogP contribution in [0.1, 0.15) is 26.4 Å². The van der Waals surface area contributed by atoms with Gasteiger partial charge in [-0.05, 0) is 30.2 Å². The molecule has 156 valence electrons. The first-order valence-electron chi connectivity index (χ1n) is 9.27. The Kier molecular flexibility index (Phi) is 7.07. The molecular formula is C22H22ClN3O3S. The van der Waals surface area contributed by atoms with Crippen molar-refractivity contribution < 1.29 is 14.3 Å². The number of amides is 2. The van der Waals surface area contributed by atoms with Crippen molar-refractivity contribution in [3.63, 3.8) is 0 Å². The van der Waals surface area contributed by atoms with E-state index in [9.17, 15) is 9.59 Å². The lowest BCUT2D eigenvalue weighted by Crippen LogP contribution is -2.28. The first-order valence-corrected chi connectivity index (χ1v) is 10.5. The Labute approximate surface area is 184 Å². The fraction of sp³-hybridized carbons (Fsp3) is 0.227. The van der Waals surface area contributed by atoms with Gasteiger partial charge in [-0.1, -0.05) is 41.9 Å². The highest BCUT2D eigenvalue weighted by molar-refractivity contribution is 7.15. The van der Waals surface area contributed by atoms with Crippen LogP contribution in [-0.4, -0.2) is 42.4 Å². The SMILES string of the molecule is Cc1cccc(Cc2cnc(NC(=O)c3ccccc3OCC(=O)N(C)C)s2)c1Cl. The van der Waals surface area contributed by atoms with E-state index >= 15 is 0 Å². The summed E-state index contributed by atoms with van der Waals surface area (Å²) in [5.41, 5.74) is 2.38. The molecule has 0 saturated carbocycles. The average molecular weight is 444 g/mol. The molecule has 0 aliphatic rings. The van der Waals surface area contributed by atoms with Crippen LogP contribution in [0.25, 0.3) is 0 Å². The van der Waals surface area contributed by atoms with Gasteiger partial charge in [-0.3, -0.25) is 14.9 Å². The molecule has 0 atom stereocenters. The molecule has 1 aromatic heterocycles. The number of nitrogens with one attached hydrogen (secondary N) is 1. The highest BCUT2D eigenvalue weighted by Gasteiger charge is 2.16. The lowest BCUT2D eigenvalue weighted by molar-refractivity contribution is -0.130. The Hall–Kier alpha value is -2.90. The van der Waals surface area contributed by atoms with Crippen molar-refractivity contribution in [1.29, 1.82) is 0 Å². The van der Waals surface area contributed by atoms with Gasteiger partial charge in [0.1, 0.15) is 5.75 Å². The third-order valence-electron chi connectivity index (χ3n) is 4.39. The van der Waals surface area contributed by atoms with Crippen molar-refractivity contribution in [1.82, 2.24) is 9.88 Å². The fourth-order valence-electron chi connectivity index (χ4n) is 2.69. The number of carbonyl (C=O) groups is 2. The monoisotopic (exact) mass is 443 g/mol. The molecule has 0 aliphatic heterocycles. The van der Waals surface area contributed by atoms with Gasteiger partial charge >= 0.3 is 0 Å². The Morgan fingerprint density at radius 3 is 2.70 bits per heavy atom. The van der Waals surface area contributed by atoms with E-state index in [4.69, 9.17) is 16.3 Å². The second-order valence-electron chi connectivity index (χ2n) is 6.88. The quantitative estimate of drug-likeness (QED) is 0.587. The number of halogens is 1. The second kappa shape index (κ2) is 9.73. The smallest absolute Gasteiger partial charge is 0.261 e. The Bertz CT molecular complexity index is 1070. The van der Waals surface area contributed by atoms with Gasteiger partial charge in [0.2, 0.25) is 0 Å². The molecule has 0 spiro atoms. The topological polar surface area (TPSA) is 71.5 Å². The lowest BCUT2D eigenvalue weighted by Gasteiger charge is -2.13. The Morgan fingerprint density at radius 2 is 1.93 bits per heavy atom. The fourth-order valence-corrected chi connectivity index (χ4v) is 3.72. The number of hydrogen-bond donors (Lipinski definition) is 1. The predicted molar refractivity (Wildman–Crippen MR) is 120 cm³/mol. The van der Waals surface area contributed by atoms with Crippen LogP contribution in [0.15, 0.2) is 48.7 Å². The van der Waals surface area contributed by atoms with Gasteiger partial charge in [0.25, 0.3) is 11.8 Å². The first-order chi connectivity index (χ1) is 14.3. The molecule has 2 amide bonds. The van der Waals surface area contributed by atoms with Crippen molar-refractivity contribution >= 4 is 39.9 Å². The number of aromatic nitrogens is 1. The minimum absolute atomic E-state index is 0.143. The minimum atomic E-state index is -0.350. The number of likely N-dealkylation sites (N-methyl/N-ethyl adjacent to an activating group) is 1. The normalized spacial score (nSPS) is 10.5. The molecule has 0 aliphatic carbocycles. The van der Waals surface area contributed by atoms with Gasteiger partial charge in [-0.25, -0.2) is 4.98 Å². The van der Waals surface area contributed by atoms with Crippen LogP contribution in [0, 0.1) is 6.92 Å². The molecule has 0 radical (unpaired) electrons. The third-order valence-corrected chi connectivity index (χ3v) is 5.85. The molecule has 0 bridgehead atoms. The van der Waals surface area contributed by atoms with E-state index in [1.165, 1.54) is 16.2 Å². The van der Waals surface area contributed by atoms with E-state index in [1.807, 2.05) is 25.1 Å². The largest absolute Gasteiger partial charge is 0.483 e. The van der Waals surface area contributed by atoms with Crippen LogP contribution in [0.3, 0.4) is 0 Å². The van der Waals surface area contributed by atoms with Crippen molar-refractivity contribution in [3.05, 3.63) is 75.3 Å². The molecule has 1 N–H and O–H groups in total. The molecule has 0 fully saturated rings. The van der Waals surface area contributed by atoms with Gasteiger partial charge in [0.05, 0.1) is 5.56 Å². The highest BCUT2D eigenvalue weighted by Crippen LogP contribution is 2.27. The summed E-state index contributed by atoms with van der Waals surface area (Å²) in [5, 5.41) is 4.03. The summed E-state index contributed by atoms with van der Waals surface area (Å²) < 4.78 is 5.54. The number of thiazole rings is 1. The van der Waals surface area contributed by atoms with Crippen molar-refractivity contribution in [2.75, 3.05) is 26.0 Å². The number of hydrogen-bond acceptors (Lipinski definition) is 5. The number of benzene rings is 2. The summed E-state index contributed by atoms with van der Waals surface area (Å²) in [6.07, 6.45) is 2.37. The Morgan fingerprint density at radius 1 is 1.17 bits per heavy atom. The third kappa shape index (κ3) is 5.37. The van der Waals surface area contributed by atoms with Gasteiger partial charge < -0.3 is 9.64 Å². The number of anilines is 1. The van der Waals surface area contributed by atoms with E-state index < -0.39 is 0 Å². The number of para-hydroxylation sites is 1. The first kappa shape index (κ1) is 21.8. The van der Waals surface area contributed by atoms with E-state index in [0.29, 0.717) is 22.9 Å². The molecule has 30 heavy (non-hydrogen) atoms. The van der Waals surface area contributed by atoms with Crippen molar-refractivity contribution in [2.24, 2.45) is 0 Å². The molecular weight excluding hydrogens is 422 g/mol. The highest BCUT2D eigenvalue weighted by atomic mass is 35.5. The van der Waals surface area contributed by atoms with Crippen LogP contribution in [-0.2, 0) is 11.2 Å². The molecule has 1 heterocycles. The summed E-state index contributed by atoms with van der Waals surface area (Å²) in [7, 11) is 3.29. The van der Waals surface area contributed by atoms with Crippen LogP contribution >= 0.6 is 22.9 Å². The predicted octanol–water partition coefficient (Wildman–Crippen LogP) is 4.42. The zero-order valence-electron chi connectivity index (χ0n) is 16.9. The van der Waals surface area contributed by atoms with Gasteiger partial charge in [0.15, 0.2) is 11.7 Å². The molecule has 6 nitrogen and oxygen atoms in total. The van der Waals surface area contributed by atoms with E-state index in [-0.39, 0.29) is 18.4 Å². The second-order valence-corrected chi connectivity index (χ2v) is 8.38. The molecule has 2 aromatic carbocycles. The Balaban J connectivity index is 1.68. The van der Waals surface area contributed by atoms with Gasteiger partial charge in [0, 0.05) is 36.6 Å². The summed E-state index contributed by atoms with van der Waals surface area (Å²) in [6.45, 7) is 1.83. The molecule has 0 unspecified atom stereocenters. The summed E-state index contributed by atoms with van der Waals surface area (Å²) in [4.78, 5) is 31.2.